The summed E-state index contributed by atoms with van der Waals surface area (Å²) < 4.78 is 33.0. The van der Waals surface area contributed by atoms with Crippen molar-refractivity contribution in [3.05, 3.63) is 36.5 Å². The molecule has 74 heavy (non-hydrogen) atoms. The van der Waals surface area contributed by atoms with E-state index in [1.807, 2.05) is 0 Å². The van der Waals surface area contributed by atoms with Gasteiger partial charge in [0.05, 0.1) is 13.2 Å². The zero-order valence-electron chi connectivity index (χ0n) is 48.8. The van der Waals surface area contributed by atoms with Crippen LogP contribution in [0, 0.1) is 0 Å². The fourth-order valence-electron chi connectivity index (χ4n) is 9.60. The highest BCUT2D eigenvalue weighted by Gasteiger charge is 2.26. The van der Waals surface area contributed by atoms with Crippen LogP contribution in [0.2, 0.25) is 0 Å². The first-order valence-corrected chi connectivity index (χ1v) is 33.5. The lowest BCUT2D eigenvalue weighted by Crippen LogP contribution is -2.29. The summed E-state index contributed by atoms with van der Waals surface area (Å²) in [6.07, 6.45) is 73.9. The second-order valence-electron chi connectivity index (χ2n) is 21.6. The minimum atomic E-state index is -4.39. The average Bonchev–Trinajstić information content (AvgIpc) is 3.39. The highest BCUT2D eigenvalue weighted by atomic mass is 31.2. The highest BCUT2D eigenvalue weighted by Crippen LogP contribution is 2.43. The molecule has 0 aromatic heterocycles. The second kappa shape index (κ2) is 60.5. The Hall–Kier alpha value is -1.77. The number of hydrogen-bond acceptors (Lipinski definition) is 8. The molecule has 2 atom stereocenters. The van der Waals surface area contributed by atoms with Crippen LogP contribution < -0.4 is 5.73 Å². The van der Waals surface area contributed by atoms with Gasteiger partial charge in [-0.15, -0.1) is 0 Å². The van der Waals surface area contributed by atoms with Gasteiger partial charge in [0, 0.05) is 19.4 Å². The Bertz CT molecular complexity index is 1310. The number of allylic oxidation sites excluding steroid dienone is 6. The molecule has 0 rings (SSSR count). The van der Waals surface area contributed by atoms with Gasteiger partial charge in [0.15, 0.2) is 6.10 Å². The quantitative estimate of drug-likeness (QED) is 0.0264. The molecule has 0 aliphatic heterocycles. The number of ether oxygens (including phenoxy) is 2. The van der Waals surface area contributed by atoms with Crippen LogP contribution in [0.25, 0.3) is 0 Å². The number of phosphoric ester groups is 1. The van der Waals surface area contributed by atoms with Gasteiger partial charge < -0.3 is 20.1 Å². The van der Waals surface area contributed by atoms with E-state index < -0.39 is 26.5 Å². The number of rotatable bonds is 61. The maximum absolute atomic E-state index is 12.7. The van der Waals surface area contributed by atoms with Gasteiger partial charge in [0.1, 0.15) is 6.61 Å². The molecule has 436 valence electrons. The summed E-state index contributed by atoms with van der Waals surface area (Å²) >= 11 is 0. The molecule has 2 unspecified atom stereocenters. The Kier molecular flexibility index (Phi) is 59.0. The molecular weight excluding hydrogens is 942 g/mol. The van der Waals surface area contributed by atoms with E-state index in [-0.39, 0.29) is 38.6 Å². The van der Waals surface area contributed by atoms with Gasteiger partial charge in [0.2, 0.25) is 0 Å². The maximum atomic E-state index is 12.7. The third-order valence-corrected chi connectivity index (χ3v) is 15.3. The molecule has 0 aliphatic carbocycles. The summed E-state index contributed by atoms with van der Waals surface area (Å²) in [6, 6.07) is 0. The first-order valence-electron chi connectivity index (χ1n) is 32.0. The van der Waals surface area contributed by atoms with E-state index in [9.17, 15) is 19.0 Å². The van der Waals surface area contributed by atoms with Gasteiger partial charge in [-0.3, -0.25) is 18.6 Å². The van der Waals surface area contributed by atoms with E-state index in [1.165, 1.54) is 231 Å². The van der Waals surface area contributed by atoms with Crippen molar-refractivity contribution in [1.82, 2.24) is 0 Å². The van der Waals surface area contributed by atoms with Crippen LogP contribution in [0.1, 0.15) is 328 Å². The second-order valence-corrected chi connectivity index (χ2v) is 23.1. The van der Waals surface area contributed by atoms with Gasteiger partial charge in [-0.25, -0.2) is 4.57 Å². The molecule has 0 amide bonds. The zero-order chi connectivity index (χ0) is 53.8. The van der Waals surface area contributed by atoms with E-state index >= 15 is 0 Å². The van der Waals surface area contributed by atoms with E-state index in [1.54, 1.807) is 0 Å². The topological polar surface area (TPSA) is 134 Å². The fourth-order valence-corrected chi connectivity index (χ4v) is 10.4. The van der Waals surface area contributed by atoms with Crippen LogP contribution in [0.3, 0.4) is 0 Å². The number of carbonyl (C=O) groups excluding carboxylic acids is 2. The maximum Gasteiger partial charge on any atom is 0.472 e. The van der Waals surface area contributed by atoms with Gasteiger partial charge in [-0.2, -0.15) is 0 Å². The standard InChI is InChI=1S/C64H122NO8P/c1-3-5-7-9-11-13-15-17-19-21-22-23-24-25-26-27-28-29-30-31-32-33-34-35-36-37-38-39-41-42-44-46-48-50-52-54-56-63(66)70-60-62(61-72-74(68,69)71-59-58-65)73-64(67)57-55-53-51-49-47-45-43-40-20-18-16-14-12-10-8-6-4-2/h6,8,12,14,18,20,62H,3-5,7,9-11,13,15-17,19,21-61,65H2,1-2H3,(H,68,69)/b8-6-,14-12-,20-18-. The molecule has 0 spiro atoms. The Morgan fingerprint density at radius 2 is 0.743 bits per heavy atom. The molecule has 0 bridgehead atoms. The summed E-state index contributed by atoms with van der Waals surface area (Å²) in [5.74, 6) is -0.825. The van der Waals surface area contributed by atoms with Crippen LogP contribution in [0.5, 0.6) is 0 Å². The summed E-state index contributed by atoms with van der Waals surface area (Å²) in [6.45, 7) is 3.67. The Labute approximate surface area is 458 Å². The van der Waals surface area contributed by atoms with Crippen molar-refractivity contribution in [3.8, 4) is 0 Å². The molecule has 0 aromatic rings. The van der Waals surface area contributed by atoms with Crippen LogP contribution >= 0.6 is 7.82 Å². The number of esters is 2. The molecule has 0 saturated heterocycles. The monoisotopic (exact) mass is 1060 g/mol. The summed E-state index contributed by atoms with van der Waals surface area (Å²) in [4.78, 5) is 35.2. The molecule has 0 radical (unpaired) electrons. The van der Waals surface area contributed by atoms with E-state index in [0.29, 0.717) is 6.42 Å². The third-order valence-electron chi connectivity index (χ3n) is 14.3. The largest absolute Gasteiger partial charge is 0.472 e. The fraction of sp³-hybridized carbons (Fsp3) is 0.875. The third kappa shape index (κ3) is 59.5. The minimum Gasteiger partial charge on any atom is -0.462 e. The normalized spacial score (nSPS) is 13.2. The number of carbonyl (C=O) groups is 2. The smallest absolute Gasteiger partial charge is 0.462 e. The van der Waals surface area contributed by atoms with Crippen molar-refractivity contribution < 1.29 is 37.6 Å². The Morgan fingerprint density at radius 1 is 0.419 bits per heavy atom. The van der Waals surface area contributed by atoms with Crippen molar-refractivity contribution >= 4 is 19.8 Å². The lowest BCUT2D eigenvalue weighted by molar-refractivity contribution is -0.161. The van der Waals surface area contributed by atoms with Crippen LogP contribution in [-0.4, -0.2) is 49.3 Å². The van der Waals surface area contributed by atoms with Gasteiger partial charge in [-0.1, -0.05) is 307 Å². The Balaban J connectivity index is 3.76. The first kappa shape index (κ1) is 72.2. The summed E-state index contributed by atoms with van der Waals surface area (Å²) in [5.41, 5.74) is 5.38. The SMILES string of the molecule is CC/C=C\C/C=C\C/C=C\CCCCCCCCCC(=O)OC(COC(=O)CCCCCCCCCCCCCCCCCCCCCCCCCCCCCCCCCCCCCC)COP(=O)(O)OCCN. The predicted molar refractivity (Wildman–Crippen MR) is 317 cm³/mol. The lowest BCUT2D eigenvalue weighted by atomic mass is 10.0. The number of hydrogen-bond donors (Lipinski definition) is 2. The molecule has 0 saturated carbocycles. The predicted octanol–water partition coefficient (Wildman–Crippen LogP) is 20.4. The molecule has 10 heteroatoms. The number of nitrogens with two attached hydrogens (primary N) is 1. The van der Waals surface area contributed by atoms with E-state index in [4.69, 9.17) is 24.3 Å². The van der Waals surface area contributed by atoms with Crippen LogP contribution in [-0.2, 0) is 32.7 Å². The average molecular weight is 1060 g/mol. The Morgan fingerprint density at radius 3 is 1.11 bits per heavy atom. The highest BCUT2D eigenvalue weighted by molar-refractivity contribution is 7.47. The van der Waals surface area contributed by atoms with Crippen molar-refractivity contribution in [1.29, 1.82) is 0 Å². The van der Waals surface area contributed by atoms with Crippen molar-refractivity contribution in [2.45, 2.75) is 335 Å². The van der Waals surface area contributed by atoms with E-state index in [0.717, 1.165) is 64.2 Å². The van der Waals surface area contributed by atoms with Crippen LogP contribution in [0.4, 0.5) is 0 Å². The number of phosphoric acid groups is 1. The van der Waals surface area contributed by atoms with Crippen LogP contribution in [0.15, 0.2) is 36.5 Å². The van der Waals surface area contributed by atoms with Crippen molar-refractivity contribution in [2.75, 3.05) is 26.4 Å². The molecular formula is C64H122NO8P. The molecule has 3 N–H and O–H groups in total. The van der Waals surface area contributed by atoms with Gasteiger partial charge in [0.25, 0.3) is 0 Å². The van der Waals surface area contributed by atoms with Gasteiger partial charge >= 0.3 is 19.8 Å². The lowest BCUT2D eigenvalue weighted by Gasteiger charge is -2.19. The molecule has 9 nitrogen and oxygen atoms in total. The number of unbranched alkanes of at least 4 members (excludes halogenated alkanes) is 42. The first-order chi connectivity index (χ1) is 36.3. The zero-order valence-corrected chi connectivity index (χ0v) is 49.7. The van der Waals surface area contributed by atoms with E-state index in [2.05, 4.69) is 50.3 Å². The molecule has 0 heterocycles. The molecule has 0 fully saturated rings. The minimum absolute atomic E-state index is 0.0525. The summed E-state index contributed by atoms with van der Waals surface area (Å²) in [7, 11) is -4.39. The van der Waals surface area contributed by atoms with Crippen molar-refractivity contribution in [3.63, 3.8) is 0 Å². The summed E-state index contributed by atoms with van der Waals surface area (Å²) in [5, 5.41) is 0. The van der Waals surface area contributed by atoms with Crippen molar-refractivity contribution in [2.24, 2.45) is 5.73 Å². The van der Waals surface area contributed by atoms with Gasteiger partial charge in [-0.05, 0) is 44.9 Å². The molecule has 0 aliphatic rings. The molecule has 0 aromatic carbocycles.